The molecule has 0 atom stereocenters. The summed E-state index contributed by atoms with van der Waals surface area (Å²) >= 11 is 4.97. The van der Waals surface area contributed by atoms with Crippen LogP contribution in [-0.2, 0) is 11.4 Å². The number of thiocarbonyl (C=S) groups is 1. The smallest absolute Gasteiger partial charge is 0.269 e. The van der Waals surface area contributed by atoms with E-state index in [9.17, 15) is 9.59 Å². The number of nitrogens with one attached hydrogen (secondary N) is 3. The lowest BCUT2D eigenvalue weighted by atomic mass is 10.2. The normalized spacial score (nSPS) is 12.8. The Morgan fingerprint density at radius 3 is 2.35 bits per heavy atom. The van der Waals surface area contributed by atoms with Crippen molar-refractivity contribution in [1.82, 2.24) is 16.2 Å². The van der Waals surface area contributed by atoms with Crippen molar-refractivity contribution in [3.8, 4) is 5.75 Å². The van der Waals surface area contributed by atoms with E-state index < -0.39 is 0 Å². The number of carbonyl (C=O) groups excluding carboxylic acids is 2. The van der Waals surface area contributed by atoms with Gasteiger partial charge in [-0.05, 0) is 54.9 Å². The summed E-state index contributed by atoms with van der Waals surface area (Å²) in [7, 11) is 0. The summed E-state index contributed by atoms with van der Waals surface area (Å²) in [4.78, 5) is 23.7. The second kappa shape index (κ2) is 8.44. The van der Waals surface area contributed by atoms with Crippen LogP contribution in [0, 0.1) is 5.92 Å². The van der Waals surface area contributed by atoms with Gasteiger partial charge < -0.3 is 10.1 Å². The molecule has 1 aliphatic rings. The average molecular weight is 369 g/mol. The summed E-state index contributed by atoms with van der Waals surface area (Å²) in [6.07, 6.45) is 1.78. The predicted octanol–water partition coefficient (Wildman–Crippen LogP) is 2.31. The summed E-state index contributed by atoms with van der Waals surface area (Å²) in [6, 6.07) is 16.6. The zero-order chi connectivity index (χ0) is 18.4. The first-order valence-electron chi connectivity index (χ1n) is 8.30. The molecule has 1 saturated carbocycles. The third kappa shape index (κ3) is 5.29. The van der Waals surface area contributed by atoms with Crippen molar-refractivity contribution in [3.05, 3.63) is 65.7 Å². The zero-order valence-corrected chi connectivity index (χ0v) is 14.8. The van der Waals surface area contributed by atoms with Gasteiger partial charge >= 0.3 is 0 Å². The van der Waals surface area contributed by atoms with Crippen LogP contribution >= 0.6 is 12.2 Å². The van der Waals surface area contributed by atoms with Gasteiger partial charge in [0, 0.05) is 11.5 Å². The molecule has 6 nitrogen and oxygen atoms in total. The van der Waals surface area contributed by atoms with E-state index in [-0.39, 0.29) is 22.8 Å². The average Bonchev–Trinajstić information content (AvgIpc) is 3.51. The van der Waals surface area contributed by atoms with Crippen LogP contribution in [0.15, 0.2) is 54.6 Å². The van der Waals surface area contributed by atoms with E-state index in [1.165, 1.54) is 0 Å². The largest absolute Gasteiger partial charge is 0.489 e. The van der Waals surface area contributed by atoms with E-state index in [2.05, 4.69) is 16.2 Å². The van der Waals surface area contributed by atoms with Gasteiger partial charge in [-0.2, -0.15) is 0 Å². The highest BCUT2D eigenvalue weighted by molar-refractivity contribution is 7.80. The minimum Gasteiger partial charge on any atom is -0.489 e. The monoisotopic (exact) mass is 369 g/mol. The Hall–Kier alpha value is -2.93. The molecule has 0 radical (unpaired) electrons. The summed E-state index contributed by atoms with van der Waals surface area (Å²) in [5.74, 6) is 0.249. The highest BCUT2D eigenvalue weighted by Gasteiger charge is 2.30. The van der Waals surface area contributed by atoms with Gasteiger partial charge in [-0.15, -0.1) is 0 Å². The number of rotatable bonds is 5. The van der Waals surface area contributed by atoms with Crippen molar-refractivity contribution in [2.24, 2.45) is 5.92 Å². The molecule has 26 heavy (non-hydrogen) atoms. The maximum atomic E-state index is 12.1. The molecule has 0 spiro atoms. The van der Waals surface area contributed by atoms with E-state index in [0.29, 0.717) is 17.9 Å². The van der Waals surface area contributed by atoms with E-state index >= 15 is 0 Å². The van der Waals surface area contributed by atoms with Crippen molar-refractivity contribution in [2.75, 3.05) is 0 Å². The molecular weight excluding hydrogens is 350 g/mol. The molecular formula is C19H19N3O3S. The van der Waals surface area contributed by atoms with Crippen LogP contribution in [0.2, 0.25) is 0 Å². The number of hydrogen-bond acceptors (Lipinski definition) is 4. The Balaban J connectivity index is 1.44. The standard InChI is InChI=1S/C19H19N3O3S/c23-17(14-6-7-14)20-19(26)22-21-18(24)15-8-10-16(11-9-15)25-12-13-4-2-1-3-5-13/h1-5,8-11,14H,6-7,12H2,(H,21,24)(H2,20,22,23,26). The molecule has 0 bridgehead atoms. The quantitative estimate of drug-likeness (QED) is 0.557. The molecule has 3 N–H and O–H groups in total. The Morgan fingerprint density at radius 2 is 1.69 bits per heavy atom. The number of benzene rings is 2. The van der Waals surface area contributed by atoms with Gasteiger partial charge in [0.15, 0.2) is 5.11 Å². The molecule has 0 unspecified atom stereocenters. The van der Waals surface area contributed by atoms with Crippen LogP contribution in [0.4, 0.5) is 0 Å². The summed E-state index contributed by atoms with van der Waals surface area (Å²) < 4.78 is 5.68. The van der Waals surface area contributed by atoms with Gasteiger partial charge in [0.1, 0.15) is 12.4 Å². The minimum absolute atomic E-state index is 0.0499. The van der Waals surface area contributed by atoms with Crippen molar-refractivity contribution < 1.29 is 14.3 Å². The van der Waals surface area contributed by atoms with Crippen LogP contribution in [0.1, 0.15) is 28.8 Å². The lowest BCUT2D eigenvalue weighted by molar-refractivity contribution is -0.120. The van der Waals surface area contributed by atoms with Gasteiger partial charge in [0.25, 0.3) is 5.91 Å². The van der Waals surface area contributed by atoms with E-state index in [1.807, 2.05) is 30.3 Å². The van der Waals surface area contributed by atoms with Gasteiger partial charge in [0.05, 0.1) is 0 Å². The Kier molecular flexibility index (Phi) is 5.80. The first kappa shape index (κ1) is 17.9. The molecule has 3 rings (SSSR count). The van der Waals surface area contributed by atoms with Gasteiger partial charge in [-0.1, -0.05) is 30.3 Å². The summed E-state index contributed by atoms with van der Waals surface area (Å²) in [5.41, 5.74) is 6.49. The molecule has 0 aliphatic heterocycles. The third-order valence-electron chi connectivity index (χ3n) is 3.84. The first-order chi connectivity index (χ1) is 12.6. The van der Waals surface area contributed by atoms with Crippen LogP contribution in [0.5, 0.6) is 5.75 Å². The Labute approximate surface area is 156 Å². The lowest BCUT2D eigenvalue weighted by Crippen LogP contribution is -2.48. The van der Waals surface area contributed by atoms with Crippen molar-refractivity contribution >= 4 is 29.1 Å². The van der Waals surface area contributed by atoms with Crippen molar-refractivity contribution in [1.29, 1.82) is 0 Å². The highest BCUT2D eigenvalue weighted by atomic mass is 32.1. The molecule has 0 heterocycles. The molecule has 0 saturated heterocycles. The van der Waals surface area contributed by atoms with E-state index in [4.69, 9.17) is 17.0 Å². The second-order valence-electron chi connectivity index (χ2n) is 5.97. The topological polar surface area (TPSA) is 79.5 Å². The lowest BCUT2D eigenvalue weighted by Gasteiger charge is -2.11. The van der Waals surface area contributed by atoms with Gasteiger partial charge in [0.2, 0.25) is 5.91 Å². The number of amides is 2. The number of ether oxygens (including phenoxy) is 1. The maximum absolute atomic E-state index is 12.1. The second-order valence-corrected chi connectivity index (χ2v) is 6.38. The van der Waals surface area contributed by atoms with Crippen LogP contribution in [-0.4, -0.2) is 16.9 Å². The maximum Gasteiger partial charge on any atom is 0.269 e. The number of hydrogen-bond donors (Lipinski definition) is 3. The number of carbonyl (C=O) groups is 2. The molecule has 2 aromatic carbocycles. The predicted molar refractivity (Wildman–Crippen MR) is 101 cm³/mol. The molecule has 2 amide bonds. The molecule has 7 heteroatoms. The van der Waals surface area contributed by atoms with Crippen LogP contribution < -0.4 is 20.9 Å². The molecule has 134 valence electrons. The summed E-state index contributed by atoms with van der Waals surface area (Å²) in [6.45, 7) is 0.461. The molecule has 1 aliphatic carbocycles. The fourth-order valence-electron chi connectivity index (χ4n) is 2.22. The summed E-state index contributed by atoms with van der Waals surface area (Å²) in [5, 5.41) is 2.62. The van der Waals surface area contributed by atoms with Crippen LogP contribution in [0.25, 0.3) is 0 Å². The SMILES string of the molecule is O=C(NNC(=S)NC(=O)C1CC1)c1ccc(OCc2ccccc2)cc1. The highest BCUT2D eigenvalue weighted by Crippen LogP contribution is 2.28. The van der Waals surface area contributed by atoms with Crippen molar-refractivity contribution in [2.45, 2.75) is 19.4 Å². The van der Waals surface area contributed by atoms with E-state index in [1.54, 1.807) is 24.3 Å². The van der Waals surface area contributed by atoms with Crippen LogP contribution in [0.3, 0.4) is 0 Å². The Bertz CT molecular complexity index is 789. The third-order valence-corrected chi connectivity index (χ3v) is 4.04. The van der Waals surface area contributed by atoms with Gasteiger partial charge in [-0.3, -0.25) is 20.4 Å². The molecule has 2 aromatic rings. The van der Waals surface area contributed by atoms with E-state index in [0.717, 1.165) is 18.4 Å². The first-order valence-corrected chi connectivity index (χ1v) is 8.70. The molecule has 1 fully saturated rings. The number of hydrazine groups is 1. The van der Waals surface area contributed by atoms with Gasteiger partial charge in [-0.25, -0.2) is 0 Å². The minimum atomic E-state index is -0.359. The fourth-order valence-corrected chi connectivity index (χ4v) is 2.37. The fraction of sp³-hybridized carbons (Fsp3) is 0.211. The zero-order valence-electron chi connectivity index (χ0n) is 14.0. The Morgan fingerprint density at radius 1 is 1.00 bits per heavy atom. The van der Waals surface area contributed by atoms with Crippen molar-refractivity contribution in [3.63, 3.8) is 0 Å². The molecule has 0 aromatic heterocycles.